The molecule has 73 heavy (non-hydrogen) atoms. The fraction of sp³-hybridized carbons (Fsp3) is 0.667. The number of hydrogen-bond acceptors (Lipinski definition) is 1. The first-order valence-corrected chi connectivity index (χ1v) is 31.3. The van der Waals surface area contributed by atoms with Crippen LogP contribution in [0.1, 0.15) is 303 Å². The van der Waals surface area contributed by atoms with Gasteiger partial charge in [-0.15, -0.1) is 0 Å². The summed E-state index contributed by atoms with van der Waals surface area (Å²) in [5.74, 6) is 0.483. The summed E-state index contributed by atoms with van der Waals surface area (Å²) in [7, 11) is 0. The molecule has 0 fully saturated rings. The van der Waals surface area contributed by atoms with E-state index in [1.54, 1.807) is 61.2 Å². The van der Waals surface area contributed by atoms with Gasteiger partial charge in [0.2, 0.25) is 0 Å². The highest BCUT2D eigenvalue weighted by Crippen LogP contribution is 2.44. The van der Waals surface area contributed by atoms with Gasteiger partial charge in [-0.3, -0.25) is 0 Å². The van der Waals surface area contributed by atoms with Crippen molar-refractivity contribution in [3.8, 4) is 5.75 Å². The molecule has 0 aliphatic rings. The topological polar surface area (TPSA) is 20.2 Å². The van der Waals surface area contributed by atoms with Crippen LogP contribution in [0.2, 0.25) is 0 Å². The zero-order valence-electron chi connectivity index (χ0n) is 50.8. The number of rotatable bonds is 36. The zero-order chi connectivity index (χ0) is 53.6. The van der Waals surface area contributed by atoms with Gasteiger partial charge in [0.25, 0.3) is 0 Å². The predicted octanol–water partition coefficient (Wildman–Crippen LogP) is 21.0. The highest BCUT2D eigenvalue weighted by atomic mass is 16.3. The van der Waals surface area contributed by atoms with Crippen LogP contribution in [0.5, 0.6) is 5.75 Å². The lowest BCUT2D eigenvalue weighted by atomic mass is 9.68. The van der Waals surface area contributed by atoms with E-state index in [1.807, 2.05) is 0 Å². The Kier molecular flexibility index (Phi) is 26.5. The van der Waals surface area contributed by atoms with Crippen LogP contribution < -0.4 is 0 Å². The Labute approximate surface area is 453 Å². The van der Waals surface area contributed by atoms with Gasteiger partial charge in [0.15, 0.2) is 0 Å². The first-order valence-electron chi connectivity index (χ1n) is 31.3. The molecule has 4 aromatic carbocycles. The molecule has 0 unspecified atom stereocenters. The van der Waals surface area contributed by atoms with Gasteiger partial charge in [0.1, 0.15) is 5.75 Å². The van der Waals surface area contributed by atoms with Crippen molar-refractivity contribution >= 4 is 0 Å². The van der Waals surface area contributed by atoms with E-state index in [9.17, 15) is 5.11 Å². The number of phenolic OH excluding ortho intramolecular Hbond substituents is 1. The molecule has 408 valence electrons. The van der Waals surface area contributed by atoms with Gasteiger partial charge in [0, 0.05) is 0 Å². The van der Waals surface area contributed by atoms with Crippen LogP contribution in [0.4, 0.5) is 0 Å². The summed E-state index contributed by atoms with van der Waals surface area (Å²) in [6.45, 7) is 36.4. The zero-order valence-corrected chi connectivity index (χ0v) is 50.8. The fourth-order valence-corrected chi connectivity index (χ4v) is 12.8. The maximum Gasteiger partial charge on any atom is 0.119 e. The molecule has 0 amide bonds. The molecule has 0 saturated heterocycles. The van der Waals surface area contributed by atoms with Gasteiger partial charge in [-0.05, 0) is 241 Å². The summed E-state index contributed by atoms with van der Waals surface area (Å²) in [5, 5.41) is 12.6. The lowest BCUT2D eigenvalue weighted by molar-refractivity contribution is 0.437. The Balaban J connectivity index is 2.07. The molecule has 0 aliphatic heterocycles. The monoisotopic (exact) mass is 995 g/mol. The minimum absolute atomic E-state index is 0.105. The van der Waals surface area contributed by atoms with Crippen molar-refractivity contribution in [1.82, 2.24) is 0 Å². The van der Waals surface area contributed by atoms with Crippen LogP contribution in [-0.2, 0) is 93.3 Å². The number of hydrogen-bond donors (Lipinski definition) is 1. The number of unbranched alkanes of at least 4 members (excludes halogenated alkanes) is 9. The number of aromatic hydroxyl groups is 1. The van der Waals surface area contributed by atoms with Crippen LogP contribution in [0.15, 0.2) is 48.5 Å². The van der Waals surface area contributed by atoms with Crippen LogP contribution >= 0.6 is 0 Å². The molecule has 4 aromatic rings. The van der Waals surface area contributed by atoms with Gasteiger partial charge in [0.05, 0.1) is 0 Å². The Bertz CT molecular complexity index is 2240. The first kappa shape index (κ1) is 62.2. The van der Waals surface area contributed by atoms with Crippen LogP contribution in [-0.4, -0.2) is 5.11 Å². The second kappa shape index (κ2) is 31.0. The molecule has 1 nitrogen and oxygen atoms in total. The normalized spacial score (nSPS) is 12.4. The van der Waals surface area contributed by atoms with E-state index in [2.05, 4.69) is 152 Å². The lowest BCUT2D eigenvalue weighted by Crippen LogP contribution is -2.30. The van der Waals surface area contributed by atoms with Gasteiger partial charge in [-0.25, -0.2) is 0 Å². The highest BCUT2D eigenvalue weighted by Gasteiger charge is 2.35. The number of phenols is 1. The minimum atomic E-state index is -0.186. The average Bonchev–Trinajstić information content (AvgIpc) is 3.36. The third-order valence-electron chi connectivity index (χ3n) is 17.2. The third-order valence-corrected chi connectivity index (χ3v) is 17.2. The second-order valence-electron chi connectivity index (χ2n) is 25.0. The Hall–Kier alpha value is -3.32. The molecule has 0 bridgehead atoms. The molecule has 0 heterocycles. The van der Waals surface area contributed by atoms with Crippen LogP contribution in [0.25, 0.3) is 0 Å². The van der Waals surface area contributed by atoms with Crippen molar-refractivity contribution < 1.29 is 5.11 Å². The van der Waals surface area contributed by atoms with E-state index in [1.165, 1.54) is 176 Å². The van der Waals surface area contributed by atoms with E-state index in [-0.39, 0.29) is 16.2 Å². The molecule has 0 aliphatic carbocycles. The van der Waals surface area contributed by atoms with Gasteiger partial charge in [-0.2, -0.15) is 0 Å². The SMILES string of the molecule is CCCCc1ccc(C(C)(C)Cc2ccc(O)c(CC(C)(C)c3ccc(CCCC)c(CCCC)c3CCCC)c2CC(C)(C)c2ccc(CCCC)c(CCCC)c2CCCC)c(CCCC)c1CCCC. The minimum Gasteiger partial charge on any atom is -0.508 e. The van der Waals surface area contributed by atoms with Crippen molar-refractivity contribution in [2.75, 3.05) is 0 Å². The van der Waals surface area contributed by atoms with Gasteiger partial charge in [-0.1, -0.05) is 204 Å². The maximum absolute atomic E-state index is 12.6. The largest absolute Gasteiger partial charge is 0.508 e. The van der Waals surface area contributed by atoms with Crippen molar-refractivity contribution in [2.45, 2.75) is 313 Å². The predicted molar refractivity (Wildman–Crippen MR) is 325 cm³/mol. The van der Waals surface area contributed by atoms with E-state index < -0.39 is 0 Å². The summed E-state index contributed by atoms with van der Waals surface area (Å²) in [6, 6.07) is 19.7. The second-order valence-corrected chi connectivity index (χ2v) is 25.0. The Morgan fingerprint density at radius 1 is 0.260 bits per heavy atom. The van der Waals surface area contributed by atoms with Gasteiger partial charge < -0.3 is 5.11 Å². The van der Waals surface area contributed by atoms with E-state index in [0.29, 0.717) is 5.75 Å². The number of aryl methyl sites for hydroxylation is 3. The molecule has 0 radical (unpaired) electrons. The summed E-state index contributed by atoms with van der Waals surface area (Å²) in [4.78, 5) is 0. The van der Waals surface area contributed by atoms with Crippen molar-refractivity contribution in [2.24, 2.45) is 0 Å². The highest BCUT2D eigenvalue weighted by molar-refractivity contribution is 5.54. The van der Waals surface area contributed by atoms with Crippen LogP contribution in [0.3, 0.4) is 0 Å². The van der Waals surface area contributed by atoms with Gasteiger partial charge >= 0.3 is 0 Å². The Morgan fingerprint density at radius 2 is 0.507 bits per heavy atom. The summed E-state index contributed by atoms with van der Waals surface area (Å²) >= 11 is 0. The maximum atomic E-state index is 12.6. The molecule has 1 N–H and O–H groups in total. The molecule has 4 rings (SSSR count). The standard InChI is InChI=1S/C72H114O/c1-16-25-34-54-43-47-66(61(40-31-22-7)58(54)37-28-19-4)70(10,11)51-57-46-50-69(73)65(53-72(14,15)68-49-45-56(36-27-18-3)60(39-30-21-6)63(68)42-33-24-9)64(57)52-71(12,13)67-48-44-55(35-26-17-2)59(38-29-20-5)62(67)41-32-23-8/h43-50,73H,16-42,51-53H2,1-15H3. The smallest absolute Gasteiger partial charge is 0.119 e. The summed E-state index contributed by atoms with van der Waals surface area (Å²) < 4.78 is 0. The average molecular weight is 996 g/mol. The lowest BCUT2D eigenvalue weighted by Gasteiger charge is -2.36. The molecule has 0 atom stereocenters. The van der Waals surface area contributed by atoms with Crippen LogP contribution in [0, 0.1) is 0 Å². The summed E-state index contributed by atoms with van der Waals surface area (Å²) in [5.41, 5.74) is 22.9. The van der Waals surface area contributed by atoms with E-state index in [4.69, 9.17) is 0 Å². The molecule has 0 spiro atoms. The first-order chi connectivity index (χ1) is 35.0. The Morgan fingerprint density at radius 3 is 0.808 bits per heavy atom. The summed E-state index contributed by atoms with van der Waals surface area (Å²) in [6.07, 6.45) is 35.3. The molecule has 1 heteroatoms. The molecular formula is C72H114O. The quantitative estimate of drug-likeness (QED) is 0.0481. The molecular weight excluding hydrogens is 881 g/mol. The van der Waals surface area contributed by atoms with E-state index >= 15 is 0 Å². The van der Waals surface area contributed by atoms with Crippen molar-refractivity contribution in [3.63, 3.8) is 0 Å². The van der Waals surface area contributed by atoms with Crippen molar-refractivity contribution in [1.29, 1.82) is 0 Å². The fourth-order valence-electron chi connectivity index (χ4n) is 12.8. The van der Waals surface area contributed by atoms with Crippen molar-refractivity contribution in [3.05, 3.63) is 132 Å². The molecule has 0 saturated carbocycles. The molecule has 0 aromatic heterocycles. The van der Waals surface area contributed by atoms with E-state index in [0.717, 1.165) is 38.5 Å². The number of benzene rings is 4. The third kappa shape index (κ3) is 17.1.